The molecule has 0 atom stereocenters. The van der Waals surface area contributed by atoms with E-state index in [1.165, 1.54) is 0 Å². The van der Waals surface area contributed by atoms with E-state index in [9.17, 15) is 4.79 Å². The van der Waals surface area contributed by atoms with E-state index in [4.69, 9.17) is 11.6 Å². The molecule has 2 rings (SSSR count). The zero-order chi connectivity index (χ0) is 17.0. The monoisotopic (exact) mass is 322 g/mol. The topological polar surface area (TPSA) is 17.1 Å². The summed E-state index contributed by atoms with van der Waals surface area (Å²) in [4.78, 5) is 13.0. The standard InChI is InChI=1S/C21H19ClO/c1-5-7-8-17-9-10-18-11-12-19(16(6-2)13-14(3)22)21(23)20(18)15(17)4/h5-10,12-13H,1-3,11H2,4H3/b8-7-,16-13+. The highest BCUT2D eigenvalue weighted by atomic mass is 35.5. The van der Waals surface area contributed by atoms with Crippen molar-refractivity contribution < 1.29 is 4.79 Å². The minimum Gasteiger partial charge on any atom is -0.289 e. The summed E-state index contributed by atoms with van der Waals surface area (Å²) in [5.74, 6) is 0.00155. The molecule has 0 aliphatic heterocycles. The summed E-state index contributed by atoms with van der Waals surface area (Å²) in [6.45, 7) is 13.1. The van der Waals surface area contributed by atoms with E-state index >= 15 is 0 Å². The quantitative estimate of drug-likeness (QED) is 0.633. The van der Waals surface area contributed by atoms with Gasteiger partial charge in [0.1, 0.15) is 0 Å². The second-order valence-corrected chi connectivity index (χ2v) is 5.80. The number of rotatable bonds is 5. The molecule has 0 heterocycles. The molecule has 0 spiro atoms. The second-order valence-electron chi connectivity index (χ2n) is 5.31. The van der Waals surface area contributed by atoms with E-state index in [2.05, 4.69) is 19.7 Å². The van der Waals surface area contributed by atoms with Crippen LogP contribution in [-0.4, -0.2) is 5.78 Å². The van der Waals surface area contributed by atoms with Gasteiger partial charge in [-0.15, -0.1) is 0 Å². The van der Waals surface area contributed by atoms with Crippen LogP contribution in [0.15, 0.2) is 78.4 Å². The lowest BCUT2D eigenvalue weighted by Crippen LogP contribution is -2.15. The Labute approximate surface area is 142 Å². The van der Waals surface area contributed by atoms with Crippen LogP contribution in [0, 0.1) is 6.92 Å². The molecule has 23 heavy (non-hydrogen) atoms. The van der Waals surface area contributed by atoms with Gasteiger partial charge < -0.3 is 0 Å². The summed E-state index contributed by atoms with van der Waals surface area (Å²) in [7, 11) is 0. The molecule has 0 amide bonds. The Morgan fingerprint density at radius 2 is 2.04 bits per heavy atom. The molecule has 0 saturated heterocycles. The van der Waals surface area contributed by atoms with Crippen molar-refractivity contribution in [3.8, 4) is 0 Å². The van der Waals surface area contributed by atoms with Crippen molar-refractivity contribution in [1.82, 2.24) is 0 Å². The summed E-state index contributed by atoms with van der Waals surface area (Å²) in [6, 6.07) is 4.04. The van der Waals surface area contributed by atoms with Gasteiger partial charge in [-0.1, -0.05) is 73.9 Å². The normalized spacial score (nSPS) is 14.4. The van der Waals surface area contributed by atoms with Gasteiger partial charge in [-0.25, -0.2) is 0 Å². The Morgan fingerprint density at radius 3 is 2.65 bits per heavy atom. The summed E-state index contributed by atoms with van der Waals surface area (Å²) < 4.78 is 0. The van der Waals surface area contributed by atoms with Crippen LogP contribution in [0.25, 0.3) is 6.08 Å². The van der Waals surface area contributed by atoms with E-state index in [1.807, 2.05) is 37.3 Å². The second kappa shape index (κ2) is 7.26. The molecule has 1 aromatic rings. The van der Waals surface area contributed by atoms with Crippen LogP contribution in [-0.2, 0) is 6.42 Å². The summed E-state index contributed by atoms with van der Waals surface area (Å²) in [5, 5.41) is 0.374. The summed E-state index contributed by atoms with van der Waals surface area (Å²) in [5.41, 5.74) is 5.13. The predicted molar refractivity (Wildman–Crippen MR) is 99.8 cm³/mol. The molecule has 0 bridgehead atoms. The maximum absolute atomic E-state index is 13.0. The van der Waals surface area contributed by atoms with Crippen LogP contribution in [0.2, 0.25) is 0 Å². The van der Waals surface area contributed by atoms with Gasteiger partial charge in [0.15, 0.2) is 5.78 Å². The maximum atomic E-state index is 13.0. The number of allylic oxidation sites excluding steroid dienone is 8. The Bertz CT molecular complexity index is 788. The number of halogens is 1. The molecule has 1 nitrogen and oxygen atoms in total. The number of hydrogen-bond donors (Lipinski definition) is 0. The zero-order valence-electron chi connectivity index (χ0n) is 13.2. The SMILES string of the molecule is C=C/C=C\c1ccc2c(c1C)C(=O)C(/C(C=C)=C/C(=C)Cl)=CC2. The Morgan fingerprint density at radius 1 is 1.30 bits per heavy atom. The number of benzene rings is 1. The average Bonchev–Trinajstić information content (AvgIpc) is 2.52. The first-order valence-corrected chi connectivity index (χ1v) is 7.72. The van der Waals surface area contributed by atoms with Gasteiger partial charge >= 0.3 is 0 Å². The highest BCUT2D eigenvalue weighted by Crippen LogP contribution is 2.31. The largest absolute Gasteiger partial charge is 0.289 e. The molecule has 1 aliphatic rings. The van der Waals surface area contributed by atoms with Crippen molar-refractivity contribution in [1.29, 1.82) is 0 Å². The van der Waals surface area contributed by atoms with Crippen molar-refractivity contribution in [2.75, 3.05) is 0 Å². The van der Waals surface area contributed by atoms with Crippen LogP contribution >= 0.6 is 11.6 Å². The van der Waals surface area contributed by atoms with E-state index < -0.39 is 0 Å². The first-order valence-electron chi connectivity index (χ1n) is 7.35. The molecule has 0 N–H and O–H groups in total. The maximum Gasteiger partial charge on any atom is 0.193 e. The molecule has 0 radical (unpaired) electrons. The van der Waals surface area contributed by atoms with Crippen LogP contribution in [0.5, 0.6) is 0 Å². The molecule has 0 unspecified atom stereocenters. The van der Waals surface area contributed by atoms with Crippen molar-refractivity contribution >= 4 is 23.5 Å². The number of carbonyl (C=O) groups excluding carboxylic acids is 1. The highest BCUT2D eigenvalue weighted by molar-refractivity contribution is 6.31. The minimum absolute atomic E-state index is 0.00155. The van der Waals surface area contributed by atoms with Gasteiger partial charge in [-0.2, -0.15) is 0 Å². The number of Topliss-reactive ketones (excluding diaryl/α,β-unsaturated/α-hetero) is 1. The first-order chi connectivity index (χ1) is 11.0. The molecular formula is C21H19ClO. The van der Waals surface area contributed by atoms with Crippen LogP contribution in [0.3, 0.4) is 0 Å². The fourth-order valence-electron chi connectivity index (χ4n) is 2.73. The fraction of sp³-hybridized carbons (Fsp3) is 0.0952. The average molecular weight is 323 g/mol. The smallest absolute Gasteiger partial charge is 0.193 e. The zero-order valence-corrected chi connectivity index (χ0v) is 14.0. The van der Waals surface area contributed by atoms with E-state index in [0.29, 0.717) is 22.6 Å². The van der Waals surface area contributed by atoms with Crippen molar-refractivity contribution in [3.05, 3.63) is 101 Å². The van der Waals surface area contributed by atoms with Crippen LogP contribution in [0.4, 0.5) is 0 Å². The van der Waals surface area contributed by atoms with Gasteiger partial charge in [0.25, 0.3) is 0 Å². The third-order valence-corrected chi connectivity index (χ3v) is 3.96. The summed E-state index contributed by atoms with van der Waals surface area (Å²) in [6.07, 6.45) is 11.5. The van der Waals surface area contributed by atoms with E-state index in [1.54, 1.807) is 18.2 Å². The molecule has 116 valence electrons. The molecule has 0 saturated carbocycles. The van der Waals surface area contributed by atoms with Gasteiger partial charge in [-0.05, 0) is 41.7 Å². The molecule has 0 aromatic heterocycles. The first kappa shape index (κ1) is 17.0. The Kier molecular flexibility index (Phi) is 5.36. The number of hydrogen-bond acceptors (Lipinski definition) is 1. The Hall–Kier alpha value is -2.38. The van der Waals surface area contributed by atoms with Gasteiger partial charge in [0.2, 0.25) is 0 Å². The number of ketones is 1. The third-order valence-electron chi connectivity index (χ3n) is 3.85. The van der Waals surface area contributed by atoms with Gasteiger partial charge in [0.05, 0.1) is 0 Å². The van der Waals surface area contributed by atoms with Crippen LogP contribution < -0.4 is 0 Å². The predicted octanol–water partition coefficient (Wildman–Crippen LogP) is 5.72. The van der Waals surface area contributed by atoms with Crippen molar-refractivity contribution in [2.45, 2.75) is 13.3 Å². The summed E-state index contributed by atoms with van der Waals surface area (Å²) >= 11 is 5.86. The van der Waals surface area contributed by atoms with Gasteiger partial charge in [-0.3, -0.25) is 4.79 Å². The molecule has 0 fully saturated rings. The minimum atomic E-state index is 0.00155. The number of carbonyl (C=O) groups is 1. The lowest BCUT2D eigenvalue weighted by atomic mass is 9.83. The van der Waals surface area contributed by atoms with E-state index in [-0.39, 0.29) is 5.78 Å². The lowest BCUT2D eigenvalue weighted by Gasteiger charge is -2.20. The molecule has 1 aromatic carbocycles. The Balaban J connectivity index is 2.54. The van der Waals surface area contributed by atoms with Crippen LogP contribution in [0.1, 0.15) is 27.0 Å². The molecule has 1 aliphatic carbocycles. The lowest BCUT2D eigenvalue weighted by molar-refractivity contribution is 0.103. The van der Waals surface area contributed by atoms with E-state index in [0.717, 1.165) is 22.3 Å². The molecule has 2 heteroatoms. The highest BCUT2D eigenvalue weighted by Gasteiger charge is 2.24. The number of fused-ring (bicyclic) bond motifs is 1. The third kappa shape index (κ3) is 3.52. The fourth-order valence-corrected chi connectivity index (χ4v) is 2.84. The molecular weight excluding hydrogens is 304 g/mol. The van der Waals surface area contributed by atoms with Crippen molar-refractivity contribution in [2.24, 2.45) is 0 Å². The van der Waals surface area contributed by atoms with Crippen molar-refractivity contribution in [3.63, 3.8) is 0 Å². The van der Waals surface area contributed by atoms with Gasteiger partial charge in [0, 0.05) is 16.2 Å².